The molecule has 0 bridgehead atoms. The zero-order valence-electron chi connectivity index (χ0n) is 11.0. The third kappa shape index (κ3) is 1.60. The Morgan fingerprint density at radius 2 is 1.78 bits per heavy atom. The Labute approximate surface area is 110 Å². The molecular weight excluding hydrogens is 220 g/mol. The Kier molecular flexibility index (Phi) is 2.60. The molecule has 2 aliphatic carbocycles. The Balaban J connectivity index is 1.67. The summed E-state index contributed by atoms with van der Waals surface area (Å²) >= 11 is 0. The van der Waals surface area contributed by atoms with E-state index in [9.17, 15) is 0 Å². The van der Waals surface area contributed by atoms with Gasteiger partial charge in [0.25, 0.3) is 0 Å². The summed E-state index contributed by atoms with van der Waals surface area (Å²) in [6.07, 6.45) is 8.71. The number of rotatable bonds is 0. The quantitative estimate of drug-likeness (QED) is 0.656. The second kappa shape index (κ2) is 4.29. The Bertz CT molecular complexity index is 439. The fraction of sp³-hybridized carbons (Fsp3) is 0.647. The lowest BCUT2D eigenvalue weighted by molar-refractivity contribution is 0.0365. The van der Waals surface area contributed by atoms with Gasteiger partial charge in [0.1, 0.15) is 5.75 Å². The highest BCUT2D eigenvalue weighted by Gasteiger charge is 2.43. The summed E-state index contributed by atoms with van der Waals surface area (Å²) in [7, 11) is 0. The van der Waals surface area contributed by atoms with Crippen LogP contribution >= 0.6 is 0 Å². The molecule has 0 aromatic heterocycles. The molecule has 2 fully saturated rings. The molecule has 0 amide bonds. The van der Waals surface area contributed by atoms with E-state index in [4.69, 9.17) is 4.74 Å². The van der Waals surface area contributed by atoms with Crippen molar-refractivity contribution in [3.8, 4) is 5.75 Å². The lowest BCUT2D eigenvalue weighted by Gasteiger charge is -2.48. The van der Waals surface area contributed by atoms with Crippen molar-refractivity contribution in [3.63, 3.8) is 0 Å². The van der Waals surface area contributed by atoms with Gasteiger partial charge in [0.15, 0.2) is 0 Å². The van der Waals surface area contributed by atoms with Crippen LogP contribution in [0.2, 0.25) is 0 Å². The predicted octanol–water partition coefficient (Wildman–Crippen LogP) is 4.38. The van der Waals surface area contributed by atoms with Crippen LogP contribution in [-0.4, -0.2) is 6.61 Å². The molecule has 1 nitrogen and oxygen atoms in total. The smallest absolute Gasteiger partial charge is 0.122 e. The second-order valence-electron chi connectivity index (χ2n) is 6.40. The van der Waals surface area contributed by atoms with Gasteiger partial charge < -0.3 is 4.74 Å². The van der Waals surface area contributed by atoms with Crippen molar-refractivity contribution < 1.29 is 4.74 Å². The van der Waals surface area contributed by atoms with Crippen molar-refractivity contribution in [1.82, 2.24) is 0 Å². The molecule has 2 saturated carbocycles. The number of ether oxygens (including phenoxy) is 1. The maximum absolute atomic E-state index is 6.04. The second-order valence-corrected chi connectivity index (χ2v) is 6.40. The van der Waals surface area contributed by atoms with Crippen LogP contribution in [0.3, 0.4) is 0 Å². The SMILES string of the molecule is c1ccc2c(c1)OCC1C2CCC2CCCCC21. The zero-order chi connectivity index (χ0) is 11.9. The third-order valence-corrected chi connectivity index (χ3v) is 5.63. The molecule has 0 radical (unpaired) electrons. The summed E-state index contributed by atoms with van der Waals surface area (Å²) in [6, 6.07) is 8.73. The molecule has 0 spiro atoms. The van der Waals surface area contributed by atoms with Crippen LogP contribution in [0, 0.1) is 17.8 Å². The van der Waals surface area contributed by atoms with Gasteiger partial charge in [-0.3, -0.25) is 0 Å². The van der Waals surface area contributed by atoms with Crippen LogP contribution in [0.4, 0.5) is 0 Å². The van der Waals surface area contributed by atoms with E-state index in [2.05, 4.69) is 24.3 Å². The molecular formula is C17H22O. The molecule has 1 aromatic carbocycles. The number of fused-ring (bicyclic) bond motifs is 5. The van der Waals surface area contributed by atoms with Crippen LogP contribution in [0.15, 0.2) is 24.3 Å². The summed E-state index contributed by atoms with van der Waals surface area (Å²) in [5, 5.41) is 0. The van der Waals surface area contributed by atoms with Crippen molar-refractivity contribution in [3.05, 3.63) is 29.8 Å². The minimum atomic E-state index is 0.786. The third-order valence-electron chi connectivity index (χ3n) is 5.63. The maximum Gasteiger partial charge on any atom is 0.122 e. The van der Waals surface area contributed by atoms with Crippen molar-refractivity contribution in [2.24, 2.45) is 17.8 Å². The van der Waals surface area contributed by atoms with Crippen molar-refractivity contribution in [2.45, 2.75) is 44.4 Å². The number of hydrogen-bond acceptors (Lipinski definition) is 1. The monoisotopic (exact) mass is 242 g/mol. The molecule has 1 aliphatic heterocycles. The average Bonchev–Trinajstić information content (AvgIpc) is 2.46. The van der Waals surface area contributed by atoms with Gasteiger partial charge >= 0.3 is 0 Å². The van der Waals surface area contributed by atoms with Crippen LogP contribution in [0.1, 0.15) is 50.0 Å². The highest BCUT2D eigenvalue weighted by Crippen LogP contribution is 2.53. The molecule has 0 saturated heterocycles. The van der Waals surface area contributed by atoms with Gasteiger partial charge in [0.2, 0.25) is 0 Å². The van der Waals surface area contributed by atoms with E-state index in [1.807, 2.05) is 0 Å². The first-order chi connectivity index (χ1) is 8.93. The van der Waals surface area contributed by atoms with Crippen molar-refractivity contribution in [1.29, 1.82) is 0 Å². The first kappa shape index (κ1) is 10.9. The average molecular weight is 242 g/mol. The molecule has 4 atom stereocenters. The molecule has 1 aromatic rings. The highest BCUT2D eigenvalue weighted by atomic mass is 16.5. The fourth-order valence-corrected chi connectivity index (χ4v) is 4.79. The Morgan fingerprint density at radius 3 is 2.78 bits per heavy atom. The number of hydrogen-bond donors (Lipinski definition) is 0. The molecule has 4 rings (SSSR count). The van der Waals surface area contributed by atoms with E-state index in [1.165, 1.54) is 44.1 Å². The summed E-state index contributed by atoms with van der Waals surface area (Å²) in [4.78, 5) is 0. The molecule has 18 heavy (non-hydrogen) atoms. The number of para-hydroxylation sites is 1. The van der Waals surface area contributed by atoms with E-state index < -0.39 is 0 Å². The van der Waals surface area contributed by atoms with Gasteiger partial charge in [0.05, 0.1) is 6.61 Å². The molecule has 1 heterocycles. The molecule has 96 valence electrons. The van der Waals surface area contributed by atoms with Crippen LogP contribution < -0.4 is 4.74 Å². The summed E-state index contributed by atoms with van der Waals surface area (Å²) in [5.74, 6) is 4.71. The molecule has 0 N–H and O–H groups in total. The summed E-state index contributed by atoms with van der Waals surface area (Å²) in [6.45, 7) is 0.975. The molecule has 4 unspecified atom stereocenters. The van der Waals surface area contributed by atoms with Crippen LogP contribution in [-0.2, 0) is 0 Å². The lowest BCUT2D eigenvalue weighted by Crippen LogP contribution is -2.40. The summed E-state index contributed by atoms with van der Waals surface area (Å²) < 4.78 is 6.04. The topological polar surface area (TPSA) is 9.23 Å². The lowest BCUT2D eigenvalue weighted by atomic mass is 9.60. The van der Waals surface area contributed by atoms with Gasteiger partial charge in [-0.05, 0) is 48.6 Å². The minimum absolute atomic E-state index is 0.786. The minimum Gasteiger partial charge on any atom is -0.493 e. The Morgan fingerprint density at radius 1 is 0.889 bits per heavy atom. The van der Waals surface area contributed by atoms with Gasteiger partial charge in [-0.2, -0.15) is 0 Å². The maximum atomic E-state index is 6.04. The van der Waals surface area contributed by atoms with Gasteiger partial charge in [-0.15, -0.1) is 0 Å². The number of benzene rings is 1. The van der Waals surface area contributed by atoms with E-state index in [0.717, 1.165) is 36.0 Å². The van der Waals surface area contributed by atoms with Gasteiger partial charge in [0, 0.05) is 5.92 Å². The van der Waals surface area contributed by atoms with Crippen LogP contribution in [0.5, 0.6) is 5.75 Å². The first-order valence-corrected chi connectivity index (χ1v) is 7.65. The largest absolute Gasteiger partial charge is 0.493 e. The normalized spacial score (nSPS) is 38.0. The van der Waals surface area contributed by atoms with Crippen molar-refractivity contribution in [2.75, 3.05) is 6.61 Å². The predicted molar refractivity (Wildman–Crippen MR) is 72.9 cm³/mol. The van der Waals surface area contributed by atoms with E-state index in [1.54, 1.807) is 0 Å². The standard InChI is InChI=1S/C17H22O/c1-2-6-13-12(5-1)9-10-14-15-7-3-4-8-17(15)18-11-16(13)14/h3-4,7-8,12-14,16H,1-2,5-6,9-11H2. The van der Waals surface area contributed by atoms with E-state index in [-0.39, 0.29) is 0 Å². The molecule has 1 heteroatoms. The van der Waals surface area contributed by atoms with E-state index >= 15 is 0 Å². The van der Waals surface area contributed by atoms with Crippen LogP contribution in [0.25, 0.3) is 0 Å². The molecule has 3 aliphatic rings. The fourth-order valence-electron chi connectivity index (χ4n) is 4.79. The zero-order valence-corrected chi connectivity index (χ0v) is 11.0. The van der Waals surface area contributed by atoms with Gasteiger partial charge in [-0.1, -0.05) is 37.5 Å². The van der Waals surface area contributed by atoms with Gasteiger partial charge in [-0.25, -0.2) is 0 Å². The highest BCUT2D eigenvalue weighted by molar-refractivity contribution is 5.39. The summed E-state index contributed by atoms with van der Waals surface area (Å²) in [5.41, 5.74) is 1.50. The Hall–Kier alpha value is -0.980. The van der Waals surface area contributed by atoms with E-state index in [0.29, 0.717) is 0 Å². The first-order valence-electron chi connectivity index (χ1n) is 7.65. The van der Waals surface area contributed by atoms with Crippen molar-refractivity contribution >= 4 is 0 Å².